The van der Waals surface area contributed by atoms with E-state index in [1.54, 1.807) is 12.1 Å². The van der Waals surface area contributed by atoms with Gasteiger partial charge in [-0.15, -0.1) is 0 Å². The van der Waals surface area contributed by atoms with Gasteiger partial charge >= 0.3 is 12.1 Å². The van der Waals surface area contributed by atoms with Gasteiger partial charge in [0.05, 0.1) is 17.0 Å². The number of imide groups is 1. The molecule has 3 aromatic carbocycles. The normalized spacial score (nSPS) is 19.8. The number of ether oxygens (including phenoxy) is 1. The summed E-state index contributed by atoms with van der Waals surface area (Å²) in [7, 11) is 0. The Labute approximate surface area is 213 Å². The van der Waals surface area contributed by atoms with E-state index < -0.39 is 35.8 Å². The molecule has 0 unspecified atom stereocenters. The van der Waals surface area contributed by atoms with Crippen LogP contribution in [-0.4, -0.2) is 41.6 Å². The van der Waals surface area contributed by atoms with Gasteiger partial charge in [0.25, 0.3) is 11.8 Å². The molecular weight excluding hydrogens is 472 g/mol. The second kappa shape index (κ2) is 9.20. The lowest BCUT2D eigenvalue weighted by molar-refractivity contribution is -0.174. The van der Waals surface area contributed by atoms with E-state index in [0.29, 0.717) is 24.3 Å². The highest BCUT2D eigenvalue weighted by Crippen LogP contribution is 2.44. The Hall–Kier alpha value is -4.46. The van der Waals surface area contributed by atoms with Crippen molar-refractivity contribution < 1.29 is 28.8 Å². The van der Waals surface area contributed by atoms with Crippen LogP contribution in [0.2, 0.25) is 0 Å². The fourth-order valence-electron chi connectivity index (χ4n) is 5.61. The highest BCUT2D eigenvalue weighted by Gasteiger charge is 2.42. The fourth-order valence-corrected chi connectivity index (χ4v) is 5.61. The zero-order chi connectivity index (χ0) is 25.5. The second-order valence-corrected chi connectivity index (χ2v) is 9.47. The van der Waals surface area contributed by atoms with Crippen molar-refractivity contribution >= 4 is 23.9 Å². The van der Waals surface area contributed by atoms with Crippen molar-refractivity contribution in [1.82, 2.24) is 10.4 Å². The van der Waals surface area contributed by atoms with E-state index in [2.05, 4.69) is 17.4 Å². The number of carbonyl (C=O) groups excluding carboxylic acids is 4. The number of rotatable bonds is 5. The highest BCUT2D eigenvalue weighted by atomic mass is 16.7. The van der Waals surface area contributed by atoms with Gasteiger partial charge in [-0.25, -0.2) is 9.59 Å². The summed E-state index contributed by atoms with van der Waals surface area (Å²) in [5.74, 6) is -2.84. The molecule has 6 rings (SSSR count). The van der Waals surface area contributed by atoms with Crippen molar-refractivity contribution in [3.63, 3.8) is 0 Å². The number of carbonyl (C=O) groups is 4. The topological polar surface area (TPSA) is 102 Å². The van der Waals surface area contributed by atoms with Gasteiger partial charge in [0, 0.05) is 12.0 Å². The Balaban J connectivity index is 1.08. The van der Waals surface area contributed by atoms with Crippen LogP contribution in [0, 0.1) is 5.92 Å². The maximum Gasteiger partial charge on any atom is 0.407 e. The minimum absolute atomic E-state index is 0.0729. The van der Waals surface area contributed by atoms with Crippen LogP contribution in [0.5, 0.6) is 0 Å². The van der Waals surface area contributed by atoms with Crippen molar-refractivity contribution in [2.24, 2.45) is 5.92 Å². The van der Waals surface area contributed by atoms with Crippen molar-refractivity contribution in [3.8, 4) is 11.1 Å². The Morgan fingerprint density at radius 1 is 0.784 bits per heavy atom. The maximum atomic E-state index is 12.9. The van der Waals surface area contributed by atoms with Gasteiger partial charge in [0.15, 0.2) is 0 Å². The number of fused-ring (bicyclic) bond motifs is 4. The van der Waals surface area contributed by atoms with Crippen LogP contribution in [0.3, 0.4) is 0 Å². The molecule has 1 heterocycles. The average molecular weight is 497 g/mol. The molecule has 37 heavy (non-hydrogen) atoms. The molecule has 2 aliphatic carbocycles. The molecule has 2 atom stereocenters. The first-order valence-electron chi connectivity index (χ1n) is 12.3. The molecule has 0 bridgehead atoms. The van der Waals surface area contributed by atoms with E-state index >= 15 is 0 Å². The summed E-state index contributed by atoms with van der Waals surface area (Å²) in [6, 6.07) is 21.9. The van der Waals surface area contributed by atoms with Crippen LogP contribution in [0.4, 0.5) is 4.79 Å². The van der Waals surface area contributed by atoms with Crippen molar-refractivity contribution in [1.29, 1.82) is 0 Å². The molecule has 0 spiro atoms. The largest absolute Gasteiger partial charge is 0.449 e. The standard InChI is InChI=1S/C29H24N2O6/c32-26-21-12-5-6-13-22(21)27(33)31(26)37-28(34)23-14-7-15-25(23)30-29(35)36-16-24-19-10-3-1-8-17(19)18-9-2-4-11-20(18)24/h1-6,8-13,23-25H,7,14-16H2,(H,30,35)/t23-,25+/m0/s1. The third kappa shape index (κ3) is 3.94. The third-order valence-electron chi connectivity index (χ3n) is 7.40. The van der Waals surface area contributed by atoms with Gasteiger partial charge in [0.2, 0.25) is 0 Å². The molecule has 1 fully saturated rings. The number of benzene rings is 3. The molecule has 0 radical (unpaired) electrons. The van der Waals surface area contributed by atoms with E-state index in [9.17, 15) is 19.2 Å². The number of hydrogen-bond acceptors (Lipinski definition) is 6. The summed E-state index contributed by atoms with van der Waals surface area (Å²) in [6.07, 6.45) is 1.10. The van der Waals surface area contributed by atoms with E-state index in [-0.39, 0.29) is 23.7 Å². The van der Waals surface area contributed by atoms with Gasteiger partial charge in [-0.3, -0.25) is 9.59 Å². The summed E-state index contributed by atoms with van der Waals surface area (Å²) < 4.78 is 5.62. The Morgan fingerprint density at radius 3 is 1.92 bits per heavy atom. The number of alkyl carbamates (subject to hydrolysis) is 1. The first-order valence-corrected chi connectivity index (χ1v) is 12.3. The molecule has 0 saturated heterocycles. The summed E-state index contributed by atoms with van der Waals surface area (Å²) in [5, 5.41) is 3.31. The van der Waals surface area contributed by atoms with Crippen LogP contribution in [0.15, 0.2) is 72.8 Å². The predicted octanol–water partition coefficient (Wildman–Crippen LogP) is 4.45. The first kappa shape index (κ1) is 23.0. The lowest BCUT2D eigenvalue weighted by Gasteiger charge is -2.22. The zero-order valence-electron chi connectivity index (χ0n) is 19.9. The first-order chi connectivity index (χ1) is 18.0. The number of hydroxylamine groups is 2. The van der Waals surface area contributed by atoms with E-state index in [1.165, 1.54) is 12.1 Å². The fraction of sp³-hybridized carbons (Fsp3) is 0.241. The van der Waals surface area contributed by atoms with Crippen molar-refractivity contribution in [2.45, 2.75) is 31.2 Å². The smallest absolute Gasteiger partial charge is 0.407 e. The van der Waals surface area contributed by atoms with Crippen molar-refractivity contribution in [3.05, 3.63) is 95.1 Å². The van der Waals surface area contributed by atoms with E-state index in [0.717, 1.165) is 22.3 Å². The molecule has 1 N–H and O–H groups in total. The number of hydrogen-bond donors (Lipinski definition) is 1. The number of nitrogens with one attached hydrogen (secondary N) is 1. The van der Waals surface area contributed by atoms with Crippen LogP contribution in [-0.2, 0) is 14.4 Å². The van der Waals surface area contributed by atoms with E-state index in [1.807, 2.05) is 36.4 Å². The van der Waals surface area contributed by atoms with Crippen LogP contribution in [0.1, 0.15) is 57.0 Å². The maximum absolute atomic E-state index is 12.9. The highest BCUT2D eigenvalue weighted by molar-refractivity contribution is 6.20. The third-order valence-corrected chi connectivity index (χ3v) is 7.40. The lowest BCUT2D eigenvalue weighted by atomic mass is 9.98. The predicted molar refractivity (Wildman–Crippen MR) is 132 cm³/mol. The Bertz CT molecular complexity index is 1350. The van der Waals surface area contributed by atoms with Crippen LogP contribution in [0.25, 0.3) is 11.1 Å². The molecule has 3 amide bonds. The van der Waals surface area contributed by atoms with Gasteiger partial charge in [-0.2, -0.15) is 0 Å². The van der Waals surface area contributed by atoms with Gasteiger partial charge in [0.1, 0.15) is 6.61 Å². The second-order valence-electron chi connectivity index (χ2n) is 9.47. The molecular formula is C29H24N2O6. The molecule has 186 valence electrons. The molecule has 8 heteroatoms. The van der Waals surface area contributed by atoms with Crippen LogP contribution < -0.4 is 5.32 Å². The minimum Gasteiger partial charge on any atom is -0.449 e. The van der Waals surface area contributed by atoms with Crippen LogP contribution >= 0.6 is 0 Å². The minimum atomic E-state index is -0.726. The lowest BCUT2D eigenvalue weighted by Crippen LogP contribution is -2.43. The molecule has 0 aromatic heterocycles. The van der Waals surface area contributed by atoms with Gasteiger partial charge in [-0.1, -0.05) is 72.1 Å². The van der Waals surface area contributed by atoms with Gasteiger partial charge < -0.3 is 14.9 Å². The summed E-state index contributed by atoms with van der Waals surface area (Å²) in [5.41, 5.74) is 4.89. The number of amides is 3. The SMILES string of the molecule is O=C(N[C@@H]1CCC[C@@H]1C(=O)ON1C(=O)c2ccccc2C1=O)OCC1c2ccccc2-c2ccccc21. The number of nitrogens with zero attached hydrogens (tertiary/aromatic N) is 1. The van der Waals surface area contributed by atoms with Crippen molar-refractivity contribution in [2.75, 3.05) is 6.61 Å². The Morgan fingerprint density at radius 2 is 1.32 bits per heavy atom. The summed E-state index contributed by atoms with van der Waals surface area (Å²) in [4.78, 5) is 56.0. The monoisotopic (exact) mass is 496 g/mol. The van der Waals surface area contributed by atoms with E-state index in [4.69, 9.17) is 9.57 Å². The summed E-state index contributed by atoms with van der Waals surface area (Å²) >= 11 is 0. The zero-order valence-corrected chi connectivity index (χ0v) is 19.9. The Kier molecular flexibility index (Phi) is 5.71. The molecule has 3 aromatic rings. The van der Waals surface area contributed by atoms with Gasteiger partial charge in [-0.05, 0) is 47.2 Å². The quantitative estimate of drug-likeness (QED) is 0.524. The molecule has 1 aliphatic heterocycles. The molecule has 1 saturated carbocycles. The summed E-state index contributed by atoms with van der Waals surface area (Å²) in [6.45, 7) is 0.163. The molecule has 8 nitrogen and oxygen atoms in total. The average Bonchev–Trinajstić information content (AvgIpc) is 3.58. The molecule has 3 aliphatic rings.